The predicted octanol–water partition coefficient (Wildman–Crippen LogP) is 3.39. The Morgan fingerprint density at radius 2 is 1.80 bits per heavy atom. The van der Waals surface area contributed by atoms with Crippen molar-refractivity contribution < 1.29 is 0 Å². The van der Waals surface area contributed by atoms with E-state index in [9.17, 15) is 0 Å². The van der Waals surface area contributed by atoms with Crippen LogP contribution < -0.4 is 10.6 Å². The second-order valence-electron chi connectivity index (χ2n) is 5.36. The SMILES string of the molecule is Cc1cccc(N(C)C(CN)CCc2ccccc2)c1. The molecular weight excluding hydrogens is 244 g/mol. The molecule has 2 aromatic carbocycles. The first-order chi connectivity index (χ1) is 9.70. The van der Waals surface area contributed by atoms with Crippen molar-refractivity contribution in [3.63, 3.8) is 0 Å². The number of hydrogen-bond acceptors (Lipinski definition) is 2. The van der Waals surface area contributed by atoms with Gasteiger partial charge in [0.1, 0.15) is 0 Å². The number of hydrogen-bond donors (Lipinski definition) is 1. The zero-order valence-corrected chi connectivity index (χ0v) is 12.4. The van der Waals surface area contributed by atoms with Crippen LogP contribution in [-0.2, 0) is 6.42 Å². The molecule has 1 atom stereocenters. The summed E-state index contributed by atoms with van der Waals surface area (Å²) < 4.78 is 0. The minimum Gasteiger partial charge on any atom is -0.370 e. The number of aryl methyl sites for hydroxylation is 2. The molecule has 2 N–H and O–H groups in total. The highest BCUT2D eigenvalue weighted by molar-refractivity contribution is 5.48. The maximum Gasteiger partial charge on any atom is 0.0412 e. The zero-order chi connectivity index (χ0) is 14.4. The van der Waals surface area contributed by atoms with Crippen LogP contribution in [0.1, 0.15) is 17.5 Å². The summed E-state index contributed by atoms with van der Waals surface area (Å²) in [7, 11) is 2.14. The number of nitrogens with two attached hydrogens (primary N) is 1. The molecule has 1 unspecified atom stereocenters. The summed E-state index contributed by atoms with van der Waals surface area (Å²) in [5.74, 6) is 0. The first kappa shape index (κ1) is 14.6. The first-order valence-corrected chi connectivity index (χ1v) is 7.24. The van der Waals surface area contributed by atoms with Crippen molar-refractivity contribution in [3.05, 3.63) is 65.7 Å². The summed E-state index contributed by atoms with van der Waals surface area (Å²) in [6.07, 6.45) is 2.14. The second-order valence-corrected chi connectivity index (χ2v) is 5.36. The van der Waals surface area contributed by atoms with Crippen molar-refractivity contribution in [3.8, 4) is 0 Å². The van der Waals surface area contributed by atoms with Crippen LogP contribution in [-0.4, -0.2) is 19.6 Å². The fourth-order valence-electron chi connectivity index (χ4n) is 2.51. The minimum atomic E-state index is 0.372. The van der Waals surface area contributed by atoms with Crippen LogP contribution in [0, 0.1) is 6.92 Å². The van der Waals surface area contributed by atoms with Crippen LogP contribution >= 0.6 is 0 Å². The highest BCUT2D eigenvalue weighted by Crippen LogP contribution is 2.19. The molecule has 106 valence electrons. The van der Waals surface area contributed by atoms with Crippen LogP contribution in [0.2, 0.25) is 0 Å². The van der Waals surface area contributed by atoms with Gasteiger partial charge in [-0.25, -0.2) is 0 Å². The number of anilines is 1. The number of benzene rings is 2. The summed E-state index contributed by atoms with van der Waals surface area (Å²) in [6.45, 7) is 2.80. The third-order valence-corrected chi connectivity index (χ3v) is 3.84. The van der Waals surface area contributed by atoms with E-state index in [0.29, 0.717) is 12.6 Å². The Balaban J connectivity index is 2.00. The van der Waals surface area contributed by atoms with Crippen molar-refractivity contribution in [1.82, 2.24) is 0 Å². The summed E-state index contributed by atoms with van der Waals surface area (Å²) in [5.41, 5.74) is 9.88. The van der Waals surface area contributed by atoms with Crippen LogP contribution in [0.15, 0.2) is 54.6 Å². The van der Waals surface area contributed by atoms with Gasteiger partial charge in [-0.15, -0.1) is 0 Å². The molecule has 0 bridgehead atoms. The number of nitrogens with zero attached hydrogens (tertiary/aromatic N) is 1. The summed E-state index contributed by atoms with van der Waals surface area (Å²) in [5, 5.41) is 0. The van der Waals surface area contributed by atoms with E-state index in [1.54, 1.807) is 0 Å². The fourth-order valence-corrected chi connectivity index (χ4v) is 2.51. The van der Waals surface area contributed by atoms with Crippen molar-refractivity contribution in [2.45, 2.75) is 25.8 Å². The average Bonchev–Trinajstić information content (AvgIpc) is 2.48. The topological polar surface area (TPSA) is 29.3 Å². The van der Waals surface area contributed by atoms with Gasteiger partial charge >= 0.3 is 0 Å². The number of rotatable bonds is 6. The van der Waals surface area contributed by atoms with E-state index in [-0.39, 0.29) is 0 Å². The highest BCUT2D eigenvalue weighted by atomic mass is 15.1. The van der Waals surface area contributed by atoms with Crippen LogP contribution in [0.5, 0.6) is 0 Å². The quantitative estimate of drug-likeness (QED) is 0.870. The summed E-state index contributed by atoms with van der Waals surface area (Å²) in [4.78, 5) is 2.30. The molecule has 0 saturated carbocycles. The van der Waals surface area contributed by atoms with Gasteiger partial charge < -0.3 is 10.6 Å². The lowest BCUT2D eigenvalue weighted by Crippen LogP contribution is -2.38. The van der Waals surface area contributed by atoms with Crippen LogP contribution in [0.3, 0.4) is 0 Å². The number of likely N-dealkylation sites (N-methyl/N-ethyl adjacent to an activating group) is 1. The van der Waals surface area contributed by atoms with Gasteiger partial charge in [0, 0.05) is 25.3 Å². The lowest BCUT2D eigenvalue weighted by molar-refractivity contribution is 0.589. The van der Waals surface area contributed by atoms with Crippen LogP contribution in [0.4, 0.5) is 5.69 Å². The largest absolute Gasteiger partial charge is 0.370 e. The molecule has 2 nitrogen and oxygen atoms in total. The molecule has 0 amide bonds. The van der Waals surface area contributed by atoms with Gasteiger partial charge in [-0.2, -0.15) is 0 Å². The molecule has 0 saturated heterocycles. The Labute approximate surface area is 122 Å². The Kier molecular flexibility index (Phi) is 5.19. The molecule has 2 heteroatoms. The normalized spacial score (nSPS) is 12.2. The van der Waals surface area contributed by atoms with E-state index >= 15 is 0 Å². The third-order valence-electron chi connectivity index (χ3n) is 3.84. The van der Waals surface area contributed by atoms with Gasteiger partial charge in [0.15, 0.2) is 0 Å². The molecule has 0 heterocycles. The molecule has 2 aromatic rings. The van der Waals surface area contributed by atoms with Gasteiger partial charge in [-0.1, -0.05) is 42.5 Å². The van der Waals surface area contributed by atoms with Crippen LogP contribution in [0.25, 0.3) is 0 Å². The fraction of sp³-hybridized carbons (Fsp3) is 0.333. The third kappa shape index (κ3) is 3.84. The molecule has 0 fully saturated rings. The van der Waals surface area contributed by atoms with E-state index in [2.05, 4.69) is 73.5 Å². The highest BCUT2D eigenvalue weighted by Gasteiger charge is 2.13. The monoisotopic (exact) mass is 268 g/mol. The van der Waals surface area contributed by atoms with Gasteiger partial charge in [0.25, 0.3) is 0 Å². The summed E-state index contributed by atoms with van der Waals surface area (Å²) >= 11 is 0. The average molecular weight is 268 g/mol. The molecule has 0 spiro atoms. The van der Waals surface area contributed by atoms with Gasteiger partial charge in [0.2, 0.25) is 0 Å². The van der Waals surface area contributed by atoms with E-state index in [1.807, 2.05) is 0 Å². The first-order valence-electron chi connectivity index (χ1n) is 7.24. The van der Waals surface area contributed by atoms with Crippen molar-refractivity contribution in [2.75, 3.05) is 18.5 Å². The molecule has 2 rings (SSSR count). The molecule has 20 heavy (non-hydrogen) atoms. The van der Waals surface area contributed by atoms with Gasteiger partial charge in [-0.05, 0) is 43.0 Å². The maximum atomic E-state index is 5.97. The summed E-state index contributed by atoms with van der Waals surface area (Å²) in [6, 6.07) is 19.6. The lowest BCUT2D eigenvalue weighted by Gasteiger charge is -2.29. The molecular formula is C18H24N2. The molecule has 0 aliphatic heterocycles. The molecule has 0 aliphatic rings. The van der Waals surface area contributed by atoms with E-state index in [4.69, 9.17) is 5.73 Å². The Hall–Kier alpha value is -1.80. The Morgan fingerprint density at radius 3 is 2.45 bits per heavy atom. The maximum absolute atomic E-state index is 5.97. The van der Waals surface area contributed by atoms with Crippen molar-refractivity contribution in [1.29, 1.82) is 0 Å². The molecule has 0 aliphatic carbocycles. The molecule has 0 aromatic heterocycles. The van der Waals surface area contributed by atoms with E-state index in [0.717, 1.165) is 12.8 Å². The molecule has 0 radical (unpaired) electrons. The van der Waals surface area contributed by atoms with E-state index < -0.39 is 0 Å². The van der Waals surface area contributed by atoms with Gasteiger partial charge in [-0.3, -0.25) is 0 Å². The zero-order valence-electron chi connectivity index (χ0n) is 12.4. The Bertz CT molecular complexity index is 522. The lowest BCUT2D eigenvalue weighted by atomic mass is 10.0. The van der Waals surface area contributed by atoms with Crippen molar-refractivity contribution >= 4 is 5.69 Å². The Morgan fingerprint density at radius 1 is 1.05 bits per heavy atom. The van der Waals surface area contributed by atoms with Crippen molar-refractivity contribution in [2.24, 2.45) is 5.73 Å². The minimum absolute atomic E-state index is 0.372. The van der Waals surface area contributed by atoms with Gasteiger partial charge in [0.05, 0.1) is 0 Å². The second kappa shape index (κ2) is 7.11. The smallest absolute Gasteiger partial charge is 0.0412 e. The van der Waals surface area contributed by atoms with E-state index in [1.165, 1.54) is 16.8 Å². The predicted molar refractivity (Wildman–Crippen MR) is 87.2 cm³/mol. The standard InChI is InChI=1S/C18H24N2/c1-15-7-6-10-17(13-15)20(2)18(14-19)12-11-16-8-4-3-5-9-16/h3-10,13,18H,11-12,14,19H2,1-2H3.